The van der Waals surface area contributed by atoms with Gasteiger partial charge in [-0.15, -0.1) is 11.3 Å². The van der Waals surface area contributed by atoms with E-state index in [2.05, 4.69) is 72.5 Å². The van der Waals surface area contributed by atoms with Gasteiger partial charge in [0.2, 0.25) is 0 Å². The molecule has 2 N–H and O–H groups in total. The van der Waals surface area contributed by atoms with Gasteiger partial charge in [-0.1, -0.05) is 30.0 Å². The number of benzene rings is 1. The van der Waals surface area contributed by atoms with Crippen LogP contribution in [0.5, 0.6) is 0 Å². The fourth-order valence-corrected chi connectivity index (χ4v) is 2.87. The van der Waals surface area contributed by atoms with Crippen LogP contribution >= 0.6 is 11.3 Å². The van der Waals surface area contributed by atoms with E-state index in [1.165, 1.54) is 10.4 Å². The number of rotatable bonds is 4. The van der Waals surface area contributed by atoms with Crippen LogP contribution < -0.4 is 5.73 Å². The fraction of sp³-hybridized carbons (Fsp3) is 0.294. The van der Waals surface area contributed by atoms with Gasteiger partial charge in [-0.2, -0.15) is 0 Å². The van der Waals surface area contributed by atoms with Crippen molar-refractivity contribution in [2.45, 2.75) is 19.5 Å². The summed E-state index contributed by atoms with van der Waals surface area (Å²) in [5.74, 6) is 5.91. The number of thiophene rings is 1. The minimum Gasteiger partial charge on any atom is -0.320 e. The van der Waals surface area contributed by atoms with Gasteiger partial charge in [-0.05, 0) is 43.1 Å². The summed E-state index contributed by atoms with van der Waals surface area (Å²) in [5.41, 5.74) is 7.69. The topological polar surface area (TPSA) is 29.3 Å². The number of hydrogen-bond donors (Lipinski definition) is 1. The third-order valence-electron chi connectivity index (χ3n) is 3.34. The molecule has 1 atom stereocenters. The summed E-state index contributed by atoms with van der Waals surface area (Å²) in [6.07, 6.45) is 0. The Morgan fingerprint density at radius 3 is 2.60 bits per heavy atom. The molecule has 1 unspecified atom stereocenters. The zero-order valence-corrected chi connectivity index (χ0v) is 12.8. The van der Waals surface area contributed by atoms with Gasteiger partial charge in [0.1, 0.15) is 0 Å². The average Bonchev–Trinajstić information content (AvgIpc) is 3.00. The summed E-state index contributed by atoms with van der Waals surface area (Å²) in [6.45, 7) is 3.58. The lowest BCUT2D eigenvalue weighted by atomic mass is 10.1. The fourth-order valence-electron chi connectivity index (χ4n) is 2.02. The van der Waals surface area contributed by atoms with Crippen LogP contribution in [-0.4, -0.2) is 18.5 Å². The second kappa shape index (κ2) is 7.25. The lowest BCUT2D eigenvalue weighted by Crippen LogP contribution is -2.21. The second-order valence-electron chi connectivity index (χ2n) is 4.81. The predicted octanol–water partition coefficient (Wildman–Crippen LogP) is 3.25. The van der Waals surface area contributed by atoms with Crippen LogP contribution in [0, 0.1) is 11.8 Å². The molecule has 0 aliphatic rings. The Bertz CT molecular complexity index is 576. The van der Waals surface area contributed by atoms with Gasteiger partial charge in [-0.3, -0.25) is 4.90 Å². The first-order valence-electron chi connectivity index (χ1n) is 6.72. The molecule has 0 aliphatic heterocycles. The van der Waals surface area contributed by atoms with Crippen molar-refractivity contribution in [1.82, 2.24) is 4.90 Å². The highest BCUT2D eigenvalue weighted by atomic mass is 32.1. The highest BCUT2D eigenvalue weighted by Gasteiger charge is 2.12. The van der Waals surface area contributed by atoms with E-state index in [0.29, 0.717) is 12.6 Å². The Balaban J connectivity index is 1.99. The Hall–Kier alpha value is -1.60. The molecule has 0 radical (unpaired) electrons. The van der Waals surface area contributed by atoms with Gasteiger partial charge < -0.3 is 5.73 Å². The maximum Gasteiger partial charge on any atom is 0.0555 e. The van der Waals surface area contributed by atoms with Crippen LogP contribution in [-0.2, 0) is 6.54 Å². The third-order valence-corrected chi connectivity index (χ3v) is 4.38. The molecule has 2 aromatic rings. The van der Waals surface area contributed by atoms with E-state index in [1.54, 1.807) is 0 Å². The molecule has 0 fully saturated rings. The van der Waals surface area contributed by atoms with Crippen LogP contribution in [0.3, 0.4) is 0 Å². The molecule has 104 valence electrons. The second-order valence-corrected chi connectivity index (χ2v) is 5.79. The average molecular weight is 284 g/mol. The molecule has 3 heteroatoms. The van der Waals surface area contributed by atoms with Crippen molar-refractivity contribution in [2.24, 2.45) is 5.73 Å². The Morgan fingerprint density at radius 2 is 2.00 bits per heavy atom. The quantitative estimate of drug-likeness (QED) is 0.873. The summed E-state index contributed by atoms with van der Waals surface area (Å²) < 4.78 is 0. The van der Waals surface area contributed by atoms with Crippen LogP contribution in [0.25, 0.3) is 0 Å². The number of hydrogen-bond acceptors (Lipinski definition) is 3. The summed E-state index contributed by atoms with van der Waals surface area (Å²) in [7, 11) is 2.16. The number of nitrogens with two attached hydrogens (primary N) is 1. The van der Waals surface area contributed by atoms with Gasteiger partial charge in [0.25, 0.3) is 0 Å². The molecule has 1 heterocycles. The largest absolute Gasteiger partial charge is 0.320 e. The molecular weight excluding hydrogens is 264 g/mol. The molecule has 0 amide bonds. The van der Waals surface area contributed by atoms with Crippen LogP contribution in [0.1, 0.15) is 29.0 Å². The van der Waals surface area contributed by atoms with Crippen molar-refractivity contribution in [3.8, 4) is 11.8 Å². The SMILES string of the molecule is CC(c1cccs1)N(C)Cc1ccc(C#CCN)cc1. The minimum absolute atomic E-state index is 0.406. The Kier molecular flexibility index (Phi) is 5.37. The monoisotopic (exact) mass is 284 g/mol. The van der Waals surface area contributed by atoms with E-state index >= 15 is 0 Å². The number of nitrogens with zero attached hydrogens (tertiary/aromatic N) is 1. The van der Waals surface area contributed by atoms with Crippen LogP contribution in [0.2, 0.25) is 0 Å². The van der Waals surface area contributed by atoms with Crippen molar-refractivity contribution in [2.75, 3.05) is 13.6 Å². The summed E-state index contributed by atoms with van der Waals surface area (Å²) in [5, 5.41) is 2.13. The standard InChI is InChI=1S/C17H20N2S/c1-14(17-6-4-12-20-17)19(2)13-16-9-7-15(8-10-16)5-3-11-18/h4,6-10,12,14H,11,13,18H2,1-2H3. The maximum atomic E-state index is 5.37. The molecule has 1 aromatic carbocycles. The van der Waals surface area contributed by atoms with E-state index in [4.69, 9.17) is 5.73 Å². The summed E-state index contributed by atoms with van der Waals surface area (Å²) in [4.78, 5) is 3.75. The first-order valence-corrected chi connectivity index (χ1v) is 7.60. The lowest BCUT2D eigenvalue weighted by molar-refractivity contribution is 0.256. The first-order chi connectivity index (χ1) is 9.70. The van der Waals surface area contributed by atoms with E-state index in [1.807, 2.05) is 11.3 Å². The van der Waals surface area contributed by atoms with Gasteiger partial charge in [0.05, 0.1) is 6.54 Å². The molecule has 20 heavy (non-hydrogen) atoms. The molecular formula is C17H20N2S. The smallest absolute Gasteiger partial charge is 0.0555 e. The normalized spacial score (nSPS) is 12.0. The van der Waals surface area contributed by atoms with Crippen molar-refractivity contribution in [3.63, 3.8) is 0 Å². The zero-order valence-electron chi connectivity index (χ0n) is 12.0. The molecule has 2 rings (SSSR count). The van der Waals surface area contributed by atoms with Crippen LogP contribution in [0.4, 0.5) is 0 Å². The molecule has 0 spiro atoms. The molecule has 0 bridgehead atoms. The molecule has 0 saturated carbocycles. The highest BCUT2D eigenvalue weighted by molar-refractivity contribution is 7.10. The molecule has 0 saturated heterocycles. The van der Waals surface area contributed by atoms with Crippen molar-refractivity contribution in [1.29, 1.82) is 0 Å². The Morgan fingerprint density at radius 1 is 1.25 bits per heavy atom. The van der Waals surface area contributed by atoms with Gasteiger partial charge >= 0.3 is 0 Å². The summed E-state index contributed by atoms with van der Waals surface area (Å²) in [6, 6.07) is 13.1. The van der Waals surface area contributed by atoms with E-state index in [-0.39, 0.29) is 0 Å². The summed E-state index contributed by atoms with van der Waals surface area (Å²) >= 11 is 1.81. The van der Waals surface area contributed by atoms with Gasteiger partial charge in [0, 0.05) is 23.0 Å². The van der Waals surface area contributed by atoms with Gasteiger partial charge in [-0.25, -0.2) is 0 Å². The molecule has 0 aliphatic carbocycles. The molecule has 2 nitrogen and oxygen atoms in total. The highest BCUT2D eigenvalue weighted by Crippen LogP contribution is 2.24. The predicted molar refractivity (Wildman–Crippen MR) is 86.6 cm³/mol. The van der Waals surface area contributed by atoms with Crippen LogP contribution in [0.15, 0.2) is 41.8 Å². The van der Waals surface area contributed by atoms with Gasteiger partial charge in [0.15, 0.2) is 0 Å². The van der Waals surface area contributed by atoms with E-state index < -0.39 is 0 Å². The Labute approximate surface area is 125 Å². The lowest BCUT2D eigenvalue weighted by Gasteiger charge is -2.23. The van der Waals surface area contributed by atoms with E-state index in [9.17, 15) is 0 Å². The van der Waals surface area contributed by atoms with Crippen molar-refractivity contribution < 1.29 is 0 Å². The van der Waals surface area contributed by atoms with Crippen molar-refractivity contribution in [3.05, 3.63) is 57.8 Å². The minimum atomic E-state index is 0.406. The zero-order chi connectivity index (χ0) is 14.4. The van der Waals surface area contributed by atoms with E-state index in [0.717, 1.165) is 12.1 Å². The molecule has 1 aromatic heterocycles. The first kappa shape index (κ1) is 14.8. The maximum absolute atomic E-state index is 5.37. The third kappa shape index (κ3) is 3.94. The van der Waals surface area contributed by atoms with Crippen molar-refractivity contribution >= 4 is 11.3 Å².